The predicted octanol–water partition coefficient (Wildman–Crippen LogP) is 9.73. The van der Waals surface area contributed by atoms with Gasteiger partial charge < -0.3 is 0 Å². The van der Waals surface area contributed by atoms with Crippen LogP contribution in [0.5, 0.6) is 0 Å². The summed E-state index contributed by atoms with van der Waals surface area (Å²) in [6, 6.07) is 49.5. The number of fused-ring (bicyclic) bond motifs is 2. The molecule has 2 fully saturated rings. The lowest BCUT2D eigenvalue weighted by Gasteiger charge is -2.42. The van der Waals surface area contributed by atoms with Crippen LogP contribution in [0.15, 0.2) is 173 Å². The smallest absolute Gasteiger partial charge is 0.243 e. The summed E-state index contributed by atoms with van der Waals surface area (Å²) in [5.74, 6) is 0. The van der Waals surface area contributed by atoms with Crippen molar-refractivity contribution in [1.82, 2.24) is 8.61 Å². The maximum absolute atomic E-state index is 14.4. The summed E-state index contributed by atoms with van der Waals surface area (Å²) in [6.07, 6.45) is 2.25. The normalized spacial score (nSPS) is 17.4. The van der Waals surface area contributed by atoms with Crippen molar-refractivity contribution in [2.75, 3.05) is 31.7 Å². The molecule has 7 aromatic carbocycles. The molecule has 60 heavy (non-hydrogen) atoms. The Morgan fingerprint density at radius 1 is 0.467 bits per heavy atom. The molecule has 0 atom stereocenters. The summed E-state index contributed by atoms with van der Waals surface area (Å²) >= 11 is 0. The number of benzene rings is 7. The van der Waals surface area contributed by atoms with Crippen molar-refractivity contribution in [3.63, 3.8) is 0 Å². The van der Waals surface area contributed by atoms with Gasteiger partial charge in [0.05, 0.1) is 15.5 Å². The van der Waals surface area contributed by atoms with Crippen LogP contribution in [0.3, 0.4) is 0 Å². The zero-order valence-electron chi connectivity index (χ0n) is 32.8. The fourth-order valence-corrected chi connectivity index (χ4v) is 12.7. The lowest BCUT2D eigenvalue weighted by atomic mass is 9.68. The molecule has 7 aromatic rings. The first-order valence-corrected chi connectivity index (χ1v) is 23.0. The van der Waals surface area contributed by atoms with Crippen LogP contribution in [0.4, 0.5) is 11.4 Å². The monoisotopic (exact) mass is 836 g/mol. The lowest BCUT2D eigenvalue weighted by molar-refractivity contribution is 0.265. The van der Waals surface area contributed by atoms with Crippen molar-refractivity contribution in [2.24, 2.45) is 5.18 Å². The van der Waals surface area contributed by atoms with Gasteiger partial charge in [0.2, 0.25) is 20.0 Å². The number of hydrogen-bond acceptors (Lipinski definition) is 8. The minimum atomic E-state index is -4.06. The maximum Gasteiger partial charge on any atom is 0.243 e. The molecular weight excluding hydrogens is 793 g/mol. The minimum absolute atomic E-state index is 0.0347. The van der Waals surface area contributed by atoms with Gasteiger partial charge in [-0.1, -0.05) is 133 Å². The molecule has 2 saturated heterocycles. The molecule has 0 unspecified atom stereocenters. The third-order valence-electron chi connectivity index (χ3n) is 13.0. The molecule has 2 N–H and O–H groups in total. The van der Waals surface area contributed by atoms with Crippen LogP contribution >= 0.6 is 0 Å². The Morgan fingerprint density at radius 3 is 1.07 bits per heavy atom. The molecule has 2 heterocycles. The molecule has 2 aliphatic heterocycles. The predicted molar refractivity (Wildman–Crippen MR) is 236 cm³/mol. The van der Waals surface area contributed by atoms with E-state index in [0.717, 1.165) is 22.3 Å². The van der Waals surface area contributed by atoms with Gasteiger partial charge in [0.1, 0.15) is 5.69 Å². The highest BCUT2D eigenvalue weighted by Crippen LogP contribution is 2.47. The first-order chi connectivity index (χ1) is 29.1. The standard InChI is InChI=1S/C48H44N4O6S2/c53-49-45-41-23-21-39(59(55,56)51-29-25-47(26-30-51,35-13-5-1-6-14-35)36-15-7-2-8-16-36)33-43(41)46(50-54)44-34-40(22-24-42(44)45)60(57,58)52-31-27-48(28-32-52,37-17-9-3-10-18-37)38-19-11-4-12-20-38/h1-24,33-34,49,53H,25-32H2. The second-order valence-electron chi connectivity index (χ2n) is 15.8. The van der Waals surface area contributed by atoms with Gasteiger partial charge in [-0.15, -0.1) is 4.91 Å². The first kappa shape index (κ1) is 39.7. The number of piperidine rings is 2. The molecule has 0 saturated carbocycles. The van der Waals surface area contributed by atoms with E-state index in [9.17, 15) is 26.9 Å². The number of nitroso groups, excluding NO2 is 1. The van der Waals surface area contributed by atoms with Gasteiger partial charge in [0.25, 0.3) is 0 Å². The number of sulfonamides is 2. The molecule has 0 radical (unpaired) electrons. The SMILES string of the molecule is O=Nc1c2cc(S(=O)(=O)N3CCC(c4ccccc4)(c4ccccc4)CC3)ccc2c(NO)c2ccc(S(=O)(=O)N3CCC(c4ccccc4)(c4ccccc4)CC3)cc12. The molecule has 0 spiro atoms. The van der Waals surface area contributed by atoms with Crippen LogP contribution in [-0.2, 0) is 30.9 Å². The zero-order chi connectivity index (χ0) is 41.5. The largest absolute Gasteiger partial charge is 0.291 e. The Morgan fingerprint density at radius 2 is 0.783 bits per heavy atom. The maximum atomic E-state index is 14.4. The number of nitrogens with zero attached hydrogens (tertiary/aromatic N) is 3. The van der Waals surface area contributed by atoms with E-state index in [4.69, 9.17) is 0 Å². The van der Waals surface area contributed by atoms with Gasteiger partial charge >= 0.3 is 0 Å². The van der Waals surface area contributed by atoms with Crippen LogP contribution in [0.2, 0.25) is 0 Å². The summed E-state index contributed by atoms with van der Waals surface area (Å²) in [5, 5.41) is 14.8. The van der Waals surface area contributed by atoms with Gasteiger partial charge in [-0.3, -0.25) is 10.7 Å². The molecule has 0 aliphatic carbocycles. The van der Waals surface area contributed by atoms with Crippen LogP contribution in [-0.4, -0.2) is 56.8 Å². The summed E-state index contributed by atoms with van der Waals surface area (Å²) in [5.41, 5.74) is 6.08. The molecule has 0 bridgehead atoms. The van der Waals surface area contributed by atoms with E-state index >= 15 is 0 Å². The molecular formula is C48H44N4O6S2. The Kier molecular flexibility index (Phi) is 10.4. The number of rotatable bonds is 10. The van der Waals surface area contributed by atoms with E-state index in [1.807, 2.05) is 72.8 Å². The van der Waals surface area contributed by atoms with E-state index in [2.05, 4.69) is 59.2 Å². The van der Waals surface area contributed by atoms with E-state index in [0.29, 0.717) is 36.5 Å². The average Bonchev–Trinajstić information content (AvgIpc) is 3.31. The Labute approximate surface area is 350 Å². The quantitative estimate of drug-likeness (QED) is 0.0796. The van der Waals surface area contributed by atoms with Crippen LogP contribution in [0.25, 0.3) is 21.5 Å². The topological polar surface area (TPSA) is 136 Å². The van der Waals surface area contributed by atoms with Crippen molar-refractivity contribution < 1.29 is 22.0 Å². The fourth-order valence-electron chi connectivity index (χ4n) is 9.74. The average molecular weight is 837 g/mol. The molecule has 0 aromatic heterocycles. The number of anilines is 1. The highest BCUT2D eigenvalue weighted by Gasteiger charge is 2.42. The third kappa shape index (κ3) is 6.59. The van der Waals surface area contributed by atoms with E-state index in [1.165, 1.54) is 32.9 Å². The third-order valence-corrected chi connectivity index (χ3v) is 16.8. The molecule has 9 rings (SSSR count). The second kappa shape index (κ2) is 15.7. The molecule has 12 heteroatoms. The second-order valence-corrected chi connectivity index (χ2v) is 19.7. The lowest BCUT2D eigenvalue weighted by Crippen LogP contribution is -2.45. The van der Waals surface area contributed by atoms with Gasteiger partial charge in [0, 0.05) is 58.6 Å². The summed E-state index contributed by atoms with van der Waals surface area (Å²) in [6.45, 7) is 1.05. The highest BCUT2D eigenvalue weighted by molar-refractivity contribution is 7.89. The molecule has 0 amide bonds. The fraction of sp³-hybridized carbons (Fsp3) is 0.208. The van der Waals surface area contributed by atoms with Crippen molar-refractivity contribution in [2.45, 2.75) is 46.3 Å². The van der Waals surface area contributed by atoms with E-state index < -0.39 is 20.0 Å². The van der Waals surface area contributed by atoms with Gasteiger partial charge in [-0.25, -0.2) is 16.8 Å². The first-order valence-electron chi connectivity index (χ1n) is 20.1. The summed E-state index contributed by atoms with van der Waals surface area (Å²) < 4.78 is 60.5. The molecule has 2 aliphatic rings. The van der Waals surface area contributed by atoms with Crippen LogP contribution in [0.1, 0.15) is 47.9 Å². The van der Waals surface area contributed by atoms with Crippen molar-refractivity contribution in [3.8, 4) is 0 Å². The summed E-state index contributed by atoms with van der Waals surface area (Å²) in [4.78, 5) is 12.7. The Hall–Kier alpha value is -5.76. The van der Waals surface area contributed by atoms with Gasteiger partial charge in [-0.2, -0.15) is 8.61 Å². The Bertz CT molecular complexity index is 2640. The van der Waals surface area contributed by atoms with Gasteiger partial charge in [0.15, 0.2) is 0 Å². The highest BCUT2D eigenvalue weighted by atomic mass is 32.2. The summed E-state index contributed by atoms with van der Waals surface area (Å²) in [7, 11) is -8.12. The van der Waals surface area contributed by atoms with Crippen molar-refractivity contribution >= 4 is 53.0 Å². The molecule has 304 valence electrons. The van der Waals surface area contributed by atoms with Gasteiger partial charge in [-0.05, 0) is 77.4 Å². The van der Waals surface area contributed by atoms with Crippen molar-refractivity contribution in [3.05, 3.63) is 185 Å². The van der Waals surface area contributed by atoms with Crippen LogP contribution in [0, 0.1) is 4.91 Å². The minimum Gasteiger partial charge on any atom is -0.291 e. The number of hydrogen-bond donors (Lipinski definition) is 2. The van der Waals surface area contributed by atoms with E-state index in [-0.39, 0.29) is 68.9 Å². The zero-order valence-corrected chi connectivity index (χ0v) is 34.4. The number of nitrogens with one attached hydrogen (secondary N) is 1. The molecule has 10 nitrogen and oxygen atoms in total. The van der Waals surface area contributed by atoms with E-state index in [1.54, 1.807) is 12.1 Å². The van der Waals surface area contributed by atoms with Crippen LogP contribution < -0.4 is 5.48 Å². The van der Waals surface area contributed by atoms with Crippen molar-refractivity contribution in [1.29, 1.82) is 0 Å². The Balaban J connectivity index is 1.04.